The number of hydrogen-bond donors (Lipinski definition) is 2. The zero-order valence-corrected chi connectivity index (χ0v) is 17.0. The molecule has 0 heterocycles. The van der Waals surface area contributed by atoms with Gasteiger partial charge in [0.1, 0.15) is 0 Å². The maximum Gasteiger partial charge on any atom is 0.177 e. The minimum absolute atomic E-state index is 0.0435. The van der Waals surface area contributed by atoms with E-state index in [4.69, 9.17) is 0 Å². The van der Waals surface area contributed by atoms with E-state index in [2.05, 4.69) is 10.6 Å². The Morgan fingerprint density at radius 3 is 1.82 bits per heavy atom. The number of anilines is 4. The first-order chi connectivity index (χ1) is 13.1. The van der Waals surface area contributed by atoms with Crippen molar-refractivity contribution < 1.29 is 16.8 Å². The fraction of sp³-hybridized carbons (Fsp3) is 0.100. The molecule has 3 rings (SSSR count). The van der Waals surface area contributed by atoms with Crippen molar-refractivity contribution in [1.29, 1.82) is 0 Å². The molecule has 0 spiro atoms. The molecule has 6 nitrogen and oxygen atoms in total. The largest absolute Gasteiger partial charge is 0.355 e. The van der Waals surface area contributed by atoms with E-state index in [-0.39, 0.29) is 9.79 Å². The Kier molecular flexibility index (Phi) is 5.44. The number of sulfone groups is 2. The lowest BCUT2D eigenvalue weighted by atomic mass is 10.2. The molecule has 0 saturated heterocycles. The minimum Gasteiger partial charge on any atom is -0.355 e. The van der Waals surface area contributed by atoms with Gasteiger partial charge in [-0.05, 0) is 48.5 Å². The van der Waals surface area contributed by atoms with E-state index < -0.39 is 19.7 Å². The molecule has 8 heteroatoms. The Balaban J connectivity index is 1.94. The third-order valence-corrected chi connectivity index (χ3v) is 6.23. The topological polar surface area (TPSA) is 92.3 Å². The van der Waals surface area contributed by atoms with Crippen LogP contribution in [-0.2, 0) is 19.7 Å². The molecule has 0 aliphatic rings. The van der Waals surface area contributed by atoms with Gasteiger partial charge >= 0.3 is 0 Å². The summed E-state index contributed by atoms with van der Waals surface area (Å²) in [6.07, 6.45) is 2.09. The molecule has 146 valence electrons. The van der Waals surface area contributed by atoms with E-state index >= 15 is 0 Å². The van der Waals surface area contributed by atoms with Crippen molar-refractivity contribution in [2.45, 2.75) is 9.79 Å². The van der Waals surface area contributed by atoms with Gasteiger partial charge in [0.15, 0.2) is 19.7 Å². The number of nitrogens with one attached hydrogen (secondary N) is 2. The molecule has 0 amide bonds. The van der Waals surface area contributed by atoms with Gasteiger partial charge < -0.3 is 10.6 Å². The zero-order valence-electron chi connectivity index (χ0n) is 15.4. The lowest BCUT2D eigenvalue weighted by Gasteiger charge is -2.14. The summed E-state index contributed by atoms with van der Waals surface area (Å²) >= 11 is 0. The maximum absolute atomic E-state index is 12.2. The van der Waals surface area contributed by atoms with Crippen LogP contribution in [0.4, 0.5) is 22.7 Å². The molecule has 0 atom stereocenters. The van der Waals surface area contributed by atoms with Crippen molar-refractivity contribution in [2.75, 3.05) is 23.1 Å². The average molecular weight is 417 g/mol. The molecule has 0 aliphatic carbocycles. The van der Waals surface area contributed by atoms with Gasteiger partial charge in [-0.2, -0.15) is 0 Å². The Bertz CT molecular complexity index is 1210. The second kappa shape index (κ2) is 7.65. The Hall–Kier alpha value is -2.84. The first kappa shape index (κ1) is 19.9. The number of hydrogen-bond acceptors (Lipinski definition) is 6. The van der Waals surface area contributed by atoms with Crippen LogP contribution >= 0.6 is 0 Å². The predicted octanol–water partition coefficient (Wildman–Crippen LogP) is 3.98. The summed E-state index contributed by atoms with van der Waals surface area (Å²) < 4.78 is 47.9. The Morgan fingerprint density at radius 1 is 0.607 bits per heavy atom. The highest BCUT2D eigenvalue weighted by atomic mass is 32.2. The Labute approximate surface area is 165 Å². The number of para-hydroxylation sites is 1. The second-order valence-electron chi connectivity index (χ2n) is 6.40. The summed E-state index contributed by atoms with van der Waals surface area (Å²) in [5.41, 5.74) is 2.73. The van der Waals surface area contributed by atoms with Crippen LogP contribution in [0.3, 0.4) is 0 Å². The highest BCUT2D eigenvalue weighted by Gasteiger charge is 2.18. The summed E-state index contributed by atoms with van der Waals surface area (Å²) in [6.45, 7) is 0. The van der Waals surface area contributed by atoms with Crippen molar-refractivity contribution in [2.24, 2.45) is 0 Å². The normalized spacial score (nSPS) is 11.8. The van der Waals surface area contributed by atoms with Crippen LogP contribution < -0.4 is 10.6 Å². The van der Waals surface area contributed by atoms with E-state index in [0.29, 0.717) is 11.4 Å². The van der Waals surface area contributed by atoms with Crippen LogP contribution in [0, 0.1) is 0 Å². The summed E-state index contributed by atoms with van der Waals surface area (Å²) in [6, 6.07) is 21.0. The summed E-state index contributed by atoms with van der Waals surface area (Å²) in [4.78, 5) is -0.116. The molecular formula is C20H20N2O4S2. The molecule has 0 aromatic heterocycles. The second-order valence-corrected chi connectivity index (χ2v) is 10.4. The standard InChI is InChI=1S/C20H20N2O4S2/c1-27(23,24)18-11-12-19(20(14-18)28(2,25)26)22-17-10-6-9-16(13-17)21-15-7-4-3-5-8-15/h3-14,21-22H,1-2H3. The first-order valence-electron chi connectivity index (χ1n) is 8.36. The molecular weight excluding hydrogens is 396 g/mol. The van der Waals surface area contributed by atoms with Crippen molar-refractivity contribution in [3.05, 3.63) is 72.8 Å². The molecule has 0 unspecified atom stereocenters. The minimum atomic E-state index is -3.64. The summed E-state index contributed by atoms with van der Waals surface area (Å²) in [5.74, 6) is 0. The third kappa shape index (κ3) is 4.90. The van der Waals surface area contributed by atoms with Gasteiger partial charge in [-0.15, -0.1) is 0 Å². The van der Waals surface area contributed by atoms with E-state index in [1.54, 1.807) is 6.07 Å². The highest BCUT2D eigenvalue weighted by molar-refractivity contribution is 7.91. The van der Waals surface area contributed by atoms with E-state index in [0.717, 1.165) is 23.9 Å². The first-order valence-corrected chi connectivity index (χ1v) is 12.1. The van der Waals surface area contributed by atoms with Crippen LogP contribution in [0.15, 0.2) is 82.6 Å². The van der Waals surface area contributed by atoms with Gasteiger partial charge in [0.05, 0.1) is 15.5 Å². The molecule has 28 heavy (non-hydrogen) atoms. The monoisotopic (exact) mass is 416 g/mol. The van der Waals surface area contributed by atoms with Crippen LogP contribution in [0.25, 0.3) is 0 Å². The molecule has 0 fully saturated rings. The SMILES string of the molecule is CS(=O)(=O)c1ccc(Nc2cccc(Nc3ccccc3)c2)c(S(C)(=O)=O)c1. The smallest absolute Gasteiger partial charge is 0.177 e. The number of rotatable bonds is 6. The molecule has 0 aliphatic heterocycles. The van der Waals surface area contributed by atoms with Gasteiger partial charge in [-0.25, -0.2) is 16.8 Å². The van der Waals surface area contributed by atoms with Gasteiger partial charge in [-0.3, -0.25) is 0 Å². The molecule has 0 bridgehead atoms. The van der Waals surface area contributed by atoms with E-state index in [9.17, 15) is 16.8 Å². The highest BCUT2D eigenvalue weighted by Crippen LogP contribution is 2.29. The lowest BCUT2D eigenvalue weighted by Crippen LogP contribution is -2.06. The van der Waals surface area contributed by atoms with Crippen LogP contribution in [0.1, 0.15) is 0 Å². The van der Waals surface area contributed by atoms with Crippen molar-refractivity contribution in [1.82, 2.24) is 0 Å². The molecule has 0 saturated carbocycles. The van der Waals surface area contributed by atoms with Crippen LogP contribution in [-0.4, -0.2) is 29.3 Å². The van der Waals surface area contributed by atoms with Gasteiger partial charge in [0.25, 0.3) is 0 Å². The molecule has 3 aromatic carbocycles. The maximum atomic E-state index is 12.2. The predicted molar refractivity (Wildman–Crippen MR) is 112 cm³/mol. The van der Waals surface area contributed by atoms with Crippen LogP contribution in [0.2, 0.25) is 0 Å². The summed E-state index contributed by atoms with van der Waals surface area (Å²) in [7, 11) is -7.16. The molecule has 3 aromatic rings. The van der Waals surface area contributed by atoms with E-state index in [1.165, 1.54) is 18.2 Å². The van der Waals surface area contributed by atoms with Crippen LogP contribution in [0.5, 0.6) is 0 Å². The average Bonchev–Trinajstić information content (AvgIpc) is 2.61. The molecule has 2 N–H and O–H groups in total. The van der Waals surface area contributed by atoms with Gasteiger partial charge in [0.2, 0.25) is 0 Å². The van der Waals surface area contributed by atoms with Gasteiger partial charge in [-0.1, -0.05) is 24.3 Å². The number of benzene rings is 3. The quantitative estimate of drug-likeness (QED) is 0.631. The Morgan fingerprint density at radius 2 is 1.21 bits per heavy atom. The fourth-order valence-corrected chi connectivity index (χ4v) is 4.24. The third-order valence-electron chi connectivity index (χ3n) is 3.98. The fourth-order valence-electron chi connectivity index (χ4n) is 2.66. The summed E-state index contributed by atoms with van der Waals surface area (Å²) in [5, 5.41) is 6.34. The van der Waals surface area contributed by atoms with Crippen molar-refractivity contribution in [3.8, 4) is 0 Å². The van der Waals surface area contributed by atoms with E-state index in [1.807, 2.05) is 48.5 Å². The van der Waals surface area contributed by atoms with Crippen molar-refractivity contribution in [3.63, 3.8) is 0 Å². The van der Waals surface area contributed by atoms with Gasteiger partial charge in [0, 0.05) is 29.6 Å². The molecule has 0 radical (unpaired) electrons. The lowest BCUT2D eigenvalue weighted by molar-refractivity contribution is 0.600. The zero-order chi connectivity index (χ0) is 20.4. The van der Waals surface area contributed by atoms with Crippen molar-refractivity contribution >= 4 is 42.4 Å².